The van der Waals surface area contributed by atoms with Crippen molar-refractivity contribution in [2.75, 3.05) is 13.3 Å². The molecule has 0 spiro atoms. The minimum absolute atomic E-state index is 0.00354. The third-order valence-corrected chi connectivity index (χ3v) is 6.06. The van der Waals surface area contributed by atoms with E-state index in [-0.39, 0.29) is 48.4 Å². The normalized spacial score (nSPS) is 13.0. The van der Waals surface area contributed by atoms with Gasteiger partial charge in [-0.2, -0.15) is 4.98 Å². The molecule has 4 aromatic rings. The molecule has 0 aliphatic carbocycles. The van der Waals surface area contributed by atoms with Crippen LogP contribution in [0.4, 0.5) is 0 Å². The first-order valence-corrected chi connectivity index (χ1v) is 11.3. The highest BCUT2D eigenvalue weighted by atomic mass is 16.7. The molecule has 1 atom stereocenters. The maximum atomic E-state index is 13.4. The summed E-state index contributed by atoms with van der Waals surface area (Å²) in [5, 5.41) is 32.7. The fourth-order valence-electron chi connectivity index (χ4n) is 4.24. The number of nitrogens with one attached hydrogen (secondary N) is 1. The van der Waals surface area contributed by atoms with E-state index < -0.39 is 17.4 Å². The van der Waals surface area contributed by atoms with Crippen LogP contribution in [-0.2, 0) is 11.2 Å². The highest BCUT2D eigenvalue weighted by Gasteiger charge is 2.28. The number of hydrogen-bond donors (Lipinski definition) is 4. The molecule has 36 heavy (non-hydrogen) atoms. The van der Waals surface area contributed by atoms with Crippen molar-refractivity contribution in [3.8, 4) is 28.9 Å². The molecule has 0 saturated heterocycles. The number of fused-ring (bicyclic) bond motifs is 2. The molecule has 1 amide bonds. The second-order valence-electron chi connectivity index (χ2n) is 8.38. The largest absolute Gasteiger partial charge is 0.504 e. The molecule has 5 rings (SSSR count). The number of ether oxygens (including phenoxy) is 2. The molecule has 1 unspecified atom stereocenters. The third-order valence-electron chi connectivity index (χ3n) is 6.06. The zero-order chi connectivity index (χ0) is 25.2. The number of rotatable bonds is 7. The van der Waals surface area contributed by atoms with Crippen LogP contribution in [0.3, 0.4) is 0 Å². The molecule has 2 aromatic heterocycles. The van der Waals surface area contributed by atoms with Gasteiger partial charge in [-0.3, -0.25) is 14.0 Å². The molecule has 10 nitrogen and oxygen atoms in total. The topological polar surface area (TPSA) is 143 Å². The van der Waals surface area contributed by atoms with E-state index in [4.69, 9.17) is 9.47 Å². The highest BCUT2D eigenvalue weighted by Crippen LogP contribution is 2.38. The molecule has 184 valence electrons. The summed E-state index contributed by atoms with van der Waals surface area (Å²) >= 11 is 0. The Balaban J connectivity index is 1.43. The zero-order valence-electron chi connectivity index (χ0n) is 19.0. The van der Waals surface area contributed by atoms with Gasteiger partial charge in [-0.1, -0.05) is 18.2 Å². The lowest BCUT2D eigenvalue weighted by atomic mass is 9.89. The Bertz CT molecular complexity index is 1520. The van der Waals surface area contributed by atoms with Gasteiger partial charge in [0.25, 0.3) is 5.56 Å². The first kappa shape index (κ1) is 23.0. The molecule has 2 aromatic carbocycles. The monoisotopic (exact) mass is 489 g/mol. The SMILES string of the molecule is O=C(CC(c1ccc2c(c1)OCO2)c1c(O)nc2ccccn2c1=O)NCCc1ccc(O)c(O)c1. The minimum atomic E-state index is -0.811. The number of hydrogen-bond acceptors (Lipinski definition) is 8. The van der Waals surface area contributed by atoms with E-state index in [9.17, 15) is 24.9 Å². The highest BCUT2D eigenvalue weighted by molar-refractivity contribution is 5.78. The molecule has 0 bridgehead atoms. The second-order valence-corrected chi connectivity index (χ2v) is 8.38. The van der Waals surface area contributed by atoms with Crippen LogP contribution >= 0.6 is 0 Å². The summed E-state index contributed by atoms with van der Waals surface area (Å²) < 4.78 is 12.2. The maximum Gasteiger partial charge on any atom is 0.265 e. The van der Waals surface area contributed by atoms with E-state index in [1.807, 2.05) is 0 Å². The Kier molecular flexibility index (Phi) is 6.07. The number of pyridine rings is 1. The van der Waals surface area contributed by atoms with Crippen molar-refractivity contribution < 1.29 is 29.6 Å². The van der Waals surface area contributed by atoms with Gasteiger partial charge in [0.05, 0.1) is 5.56 Å². The van der Waals surface area contributed by atoms with Gasteiger partial charge in [0, 0.05) is 25.1 Å². The number of aromatic hydroxyl groups is 3. The van der Waals surface area contributed by atoms with E-state index in [1.165, 1.54) is 16.5 Å². The molecule has 10 heteroatoms. The average Bonchev–Trinajstić information content (AvgIpc) is 3.33. The molecule has 0 radical (unpaired) electrons. The van der Waals surface area contributed by atoms with Crippen molar-refractivity contribution in [3.63, 3.8) is 0 Å². The zero-order valence-corrected chi connectivity index (χ0v) is 19.0. The van der Waals surface area contributed by atoms with Crippen LogP contribution in [-0.4, -0.2) is 43.9 Å². The van der Waals surface area contributed by atoms with Crippen LogP contribution in [0.1, 0.15) is 29.0 Å². The molecule has 0 saturated carbocycles. The average molecular weight is 489 g/mol. The van der Waals surface area contributed by atoms with Crippen molar-refractivity contribution in [3.05, 3.63) is 87.8 Å². The summed E-state index contributed by atoms with van der Waals surface area (Å²) in [6.07, 6.45) is 1.83. The third kappa shape index (κ3) is 4.48. The lowest BCUT2D eigenvalue weighted by Gasteiger charge is -2.19. The lowest BCUT2D eigenvalue weighted by molar-refractivity contribution is -0.121. The van der Waals surface area contributed by atoms with Gasteiger partial charge in [-0.05, 0) is 53.9 Å². The number of nitrogens with zero attached hydrogens (tertiary/aromatic N) is 2. The van der Waals surface area contributed by atoms with Crippen molar-refractivity contribution in [1.29, 1.82) is 0 Å². The van der Waals surface area contributed by atoms with E-state index >= 15 is 0 Å². The standard InChI is InChI=1S/C26H23N3O7/c30-18-6-4-15(11-19(18)31)8-9-27-23(32)13-17(16-5-7-20-21(12-16)36-14-35-20)24-25(33)28-22-3-1-2-10-29(22)26(24)34/h1-7,10-12,17,30-31,33H,8-9,13-14H2,(H,27,32). The van der Waals surface area contributed by atoms with Gasteiger partial charge in [0.2, 0.25) is 18.6 Å². The first-order chi connectivity index (χ1) is 17.4. The van der Waals surface area contributed by atoms with Gasteiger partial charge in [0.1, 0.15) is 5.65 Å². The molecule has 3 heterocycles. The van der Waals surface area contributed by atoms with E-state index in [2.05, 4.69) is 10.3 Å². The van der Waals surface area contributed by atoms with Crippen LogP contribution < -0.4 is 20.3 Å². The number of benzene rings is 2. The van der Waals surface area contributed by atoms with Crippen LogP contribution in [0.15, 0.2) is 65.6 Å². The minimum Gasteiger partial charge on any atom is -0.504 e. The fraction of sp³-hybridized carbons (Fsp3) is 0.192. The predicted molar refractivity (Wildman–Crippen MR) is 129 cm³/mol. The fourth-order valence-corrected chi connectivity index (χ4v) is 4.24. The van der Waals surface area contributed by atoms with Crippen LogP contribution in [0.25, 0.3) is 5.65 Å². The molecule has 4 N–H and O–H groups in total. The maximum absolute atomic E-state index is 13.4. The predicted octanol–water partition coefficient (Wildman–Crippen LogP) is 2.42. The lowest BCUT2D eigenvalue weighted by Crippen LogP contribution is -2.30. The Hall–Kier alpha value is -4.73. The smallest absolute Gasteiger partial charge is 0.265 e. The van der Waals surface area contributed by atoms with Gasteiger partial charge in [0.15, 0.2) is 23.0 Å². The van der Waals surface area contributed by atoms with E-state index in [0.717, 1.165) is 5.56 Å². The number of phenols is 2. The Morgan fingerprint density at radius 2 is 1.86 bits per heavy atom. The Labute approximate surface area is 205 Å². The molecule has 1 aliphatic rings. The summed E-state index contributed by atoms with van der Waals surface area (Å²) in [6, 6.07) is 14.6. The van der Waals surface area contributed by atoms with Crippen molar-refractivity contribution in [2.45, 2.75) is 18.8 Å². The second kappa shape index (κ2) is 9.49. The van der Waals surface area contributed by atoms with Gasteiger partial charge >= 0.3 is 0 Å². The van der Waals surface area contributed by atoms with E-state index in [1.54, 1.807) is 48.7 Å². The number of phenolic OH excluding ortho intramolecular Hbond substituents is 2. The molecule has 0 fully saturated rings. The number of amides is 1. The summed E-state index contributed by atoms with van der Waals surface area (Å²) in [4.78, 5) is 30.5. The van der Waals surface area contributed by atoms with Crippen molar-refractivity contribution in [2.24, 2.45) is 0 Å². The van der Waals surface area contributed by atoms with Gasteiger partial charge in [-0.15, -0.1) is 0 Å². The van der Waals surface area contributed by atoms with Crippen molar-refractivity contribution in [1.82, 2.24) is 14.7 Å². The van der Waals surface area contributed by atoms with Gasteiger partial charge in [-0.25, -0.2) is 0 Å². The summed E-state index contributed by atoms with van der Waals surface area (Å²) in [5.74, 6) is -1.02. The van der Waals surface area contributed by atoms with Crippen molar-refractivity contribution >= 4 is 11.6 Å². The number of carbonyl (C=O) groups is 1. The molecule has 1 aliphatic heterocycles. The van der Waals surface area contributed by atoms with Gasteiger partial charge < -0.3 is 30.1 Å². The quantitative estimate of drug-likeness (QED) is 0.290. The number of carbonyl (C=O) groups excluding carboxylic acids is 1. The molecular weight excluding hydrogens is 466 g/mol. The summed E-state index contributed by atoms with van der Waals surface area (Å²) in [7, 11) is 0. The summed E-state index contributed by atoms with van der Waals surface area (Å²) in [5.41, 5.74) is 1.12. The van der Waals surface area contributed by atoms with Crippen LogP contribution in [0.5, 0.6) is 28.9 Å². The summed E-state index contributed by atoms with van der Waals surface area (Å²) in [6.45, 7) is 0.333. The number of aromatic nitrogens is 2. The van der Waals surface area contributed by atoms with Crippen LogP contribution in [0, 0.1) is 0 Å². The Morgan fingerprint density at radius 3 is 2.69 bits per heavy atom. The van der Waals surface area contributed by atoms with Crippen LogP contribution in [0.2, 0.25) is 0 Å². The Morgan fingerprint density at radius 1 is 1.03 bits per heavy atom. The first-order valence-electron chi connectivity index (χ1n) is 11.3. The van der Waals surface area contributed by atoms with E-state index in [0.29, 0.717) is 23.5 Å². The molecular formula is C26H23N3O7.